The first-order valence-electron chi connectivity index (χ1n) is 7.36. The Bertz CT molecular complexity index is 681. The van der Waals surface area contributed by atoms with Gasteiger partial charge in [0.15, 0.2) is 0 Å². The average Bonchev–Trinajstić information content (AvgIpc) is 2.97. The Morgan fingerprint density at radius 1 is 0.619 bits per heavy atom. The number of benzene rings is 3. The summed E-state index contributed by atoms with van der Waals surface area (Å²) >= 11 is 0. The number of hydrogen-bond acceptors (Lipinski definition) is 1. The van der Waals surface area contributed by atoms with Crippen molar-refractivity contribution in [1.29, 1.82) is 0 Å². The molecule has 0 amide bonds. The molecular weight excluding hydrogens is 254 g/mol. The van der Waals surface area contributed by atoms with Gasteiger partial charge >= 0.3 is 0 Å². The molecule has 0 bridgehead atoms. The van der Waals surface area contributed by atoms with Crippen LogP contribution in [0, 0.1) is 0 Å². The molecule has 3 aromatic rings. The van der Waals surface area contributed by atoms with Crippen LogP contribution in [0.5, 0.6) is 0 Å². The first kappa shape index (κ1) is 12.2. The van der Waals surface area contributed by atoms with Crippen LogP contribution in [0.1, 0.15) is 16.7 Å². The minimum Gasteiger partial charge on any atom is -0.371 e. The molecule has 4 rings (SSSR count). The van der Waals surface area contributed by atoms with Crippen molar-refractivity contribution in [2.24, 2.45) is 0 Å². The molecule has 0 aromatic heterocycles. The number of para-hydroxylation sites is 1. The summed E-state index contributed by atoms with van der Waals surface area (Å²) in [6, 6.07) is 30.1. The molecule has 0 saturated heterocycles. The maximum Gasteiger partial charge on any atom is 0.0920 e. The molecule has 1 N–H and O–H groups in total. The Morgan fingerprint density at radius 3 is 1.71 bits per heavy atom. The first-order chi connectivity index (χ1) is 10.4. The van der Waals surface area contributed by atoms with E-state index >= 15 is 0 Å². The van der Waals surface area contributed by atoms with E-state index < -0.39 is 0 Å². The predicted octanol–water partition coefficient (Wildman–Crippen LogP) is 4.60. The fourth-order valence-electron chi connectivity index (χ4n) is 3.32. The van der Waals surface area contributed by atoms with E-state index in [-0.39, 0.29) is 5.54 Å². The molecule has 1 aliphatic heterocycles. The highest BCUT2D eigenvalue weighted by atomic mass is 15.0. The van der Waals surface area contributed by atoms with E-state index in [2.05, 4.69) is 90.2 Å². The van der Waals surface area contributed by atoms with Gasteiger partial charge < -0.3 is 5.32 Å². The third-order valence-electron chi connectivity index (χ3n) is 4.35. The van der Waals surface area contributed by atoms with Crippen molar-refractivity contribution >= 4 is 5.69 Å². The Balaban J connectivity index is 1.90. The second-order valence-corrected chi connectivity index (χ2v) is 5.60. The molecule has 0 fully saturated rings. The third-order valence-corrected chi connectivity index (χ3v) is 4.35. The highest BCUT2D eigenvalue weighted by molar-refractivity contribution is 5.64. The van der Waals surface area contributed by atoms with Crippen molar-refractivity contribution < 1.29 is 0 Å². The topological polar surface area (TPSA) is 12.0 Å². The molecule has 1 heterocycles. The van der Waals surface area contributed by atoms with E-state index in [0.29, 0.717) is 0 Å². The lowest BCUT2D eigenvalue weighted by molar-refractivity contribution is 0.617. The zero-order valence-corrected chi connectivity index (χ0v) is 11.8. The second kappa shape index (κ2) is 4.78. The Hall–Kier alpha value is -2.54. The zero-order valence-electron chi connectivity index (χ0n) is 11.8. The summed E-state index contributed by atoms with van der Waals surface area (Å²) in [6.07, 6.45) is 0.983. The Kier molecular flexibility index (Phi) is 2.78. The predicted molar refractivity (Wildman–Crippen MR) is 87.4 cm³/mol. The number of anilines is 1. The first-order valence-corrected chi connectivity index (χ1v) is 7.36. The molecular formula is C20H17N. The van der Waals surface area contributed by atoms with Crippen LogP contribution in [-0.4, -0.2) is 0 Å². The smallest absolute Gasteiger partial charge is 0.0920 e. The van der Waals surface area contributed by atoms with Crippen LogP contribution in [0.4, 0.5) is 5.69 Å². The van der Waals surface area contributed by atoms with Crippen LogP contribution < -0.4 is 5.32 Å². The normalized spacial score (nSPS) is 15.2. The molecule has 1 heteroatoms. The van der Waals surface area contributed by atoms with Crippen molar-refractivity contribution in [3.63, 3.8) is 0 Å². The highest BCUT2D eigenvalue weighted by Crippen LogP contribution is 2.43. The van der Waals surface area contributed by atoms with Gasteiger partial charge in [-0.05, 0) is 22.8 Å². The lowest BCUT2D eigenvalue weighted by Crippen LogP contribution is -2.34. The number of rotatable bonds is 2. The summed E-state index contributed by atoms with van der Waals surface area (Å²) in [5.41, 5.74) is 5.09. The van der Waals surface area contributed by atoms with E-state index in [0.717, 1.165) is 6.42 Å². The minimum absolute atomic E-state index is 0.161. The van der Waals surface area contributed by atoms with Crippen molar-refractivity contribution in [3.05, 3.63) is 102 Å². The summed E-state index contributed by atoms with van der Waals surface area (Å²) < 4.78 is 0. The molecule has 21 heavy (non-hydrogen) atoms. The zero-order chi connectivity index (χ0) is 14.1. The summed E-state index contributed by atoms with van der Waals surface area (Å²) in [5.74, 6) is 0. The van der Waals surface area contributed by atoms with Crippen LogP contribution >= 0.6 is 0 Å². The van der Waals surface area contributed by atoms with Gasteiger partial charge in [-0.15, -0.1) is 0 Å². The number of nitrogens with one attached hydrogen (secondary N) is 1. The van der Waals surface area contributed by atoms with E-state index in [4.69, 9.17) is 0 Å². The number of hydrogen-bond donors (Lipinski definition) is 1. The lowest BCUT2D eigenvalue weighted by Gasteiger charge is -2.31. The second-order valence-electron chi connectivity index (χ2n) is 5.60. The van der Waals surface area contributed by atoms with E-state index in [1.807, 2.05) is 0 Å². The van der Waals surface area contributed by atoms with Crippen LogP contribution in [-0.2, 0) is 12.0 Å². The van der Waals surface area contributed by atoms with Gasteiger partial charge in [-0.25, -0.2) is 0 Å². The van der Waals surface area contributed by atoms with Gasteiger partial charge in [0, 0.05) is 12.1 Å². The SMILES string of the molecule is c1ccc(C2(c3ccccc3)Cc3ccccc3N2)cc1. The monoisotopic (exact) mass is 271 g/mol. The Labute approximate surface area is 125 Å². The van der Waals surface area contributed by atoms with Crippen molar-refractivity contribution in [2.75, 3.05) is 5.32 Å². The summed E-state index contributed by atoms with van der Waals surface area (Å²) in [5, 5.41) is 3.78. The van der Waals surface area contributed by atoms with Crippen molar-refractivity contribution in [3.8, 4) is 0 Å². The average molecular weight is 271 g/mol. The van der Waals surface area contributed by atoms with Gasteiger partial charge in [0.05, 0.1) is 5.54 Å². The highest BCUT2D eigenvalue weighted by Gasteiger charge is 2.39. The number of fused-ring (bicyclic) bond motifs is 1. The summed E-state index contributed by atoms with van der Waals surface area (Å²) in [4.78, 5) is 0. The van der Waals surface area contributed by atoms with Gasteiger partial charge in [0.2, 0.25) is 0 Å². The third kappa shape index (κ3) is 1.93. The van der Waals surface area contributed by atoms with Gasteiger partial charge in [-0.3, -0.25) is 0 Å². The van der Waals surface area contributed by atoms with Gasteiger partial charge in [-0.1, -0.05) is 78.9 Å². The van der Waals surface area contributed by atoms with Gasteiger partial charge in [0.25, 0.3) is 0 Å². The largest absolute Gasteiger partial charge is 0.371 e. The molecule has 0 unspecified atom stereocenters. The van der Waals surface area contributed by atoms with E-state index in [9.17, 15) is 0 Å². The minimum atomic E-state index is -0.161. The molecule has 0 aliphatic carbocycles. The quantitative estimate of drug-likeness (QED) is 0.718. The standard InChI is InChI=1S/C20H17N/c1-3-10-17(11-4-1)20(18-12-5-2-6-13-18)15-16-9-7-8-14-19(16)21-20/h1-14,21H,15H2. The van der Waals surface area contributed by atoms with Gasteiger partial charge in [-0.2, -0.15) is 0 Å². The molecule has 3 aromatic carbocycles. The summed E-state index contributed by atoms with van der Waals surface area (Å²) in [7, 11) is 0. The maximum absolute atomic E-state index is 3.78. The molecule has 0 saturated carbocycles. The summed E-state index contributed by atoms with van der Waals surface area (Å²) in [6.45, 7) is 0. The fourth-order valence-corrected chi connectivity index (χ4v) is 3.32. The van der Waals surface area contributed by atoms with E-state index in [1.165, 1.54) is 22.4 Å². The molecule has 102 valence electrons. The molecule has 1 nitrogen and oxygen atoms in total. The molecule has 1 aliphatic rings. The fraction of sp³-hybridized carbons (Fsp3) is 0.100. The lowest BCUT2D eigenvalue weighted by atomic mass is 9.81. The van der Waals surface area contributed by atoms with Crippen LogP contribution in [0.2, 0.25) is 0 Å². The maximum atomic E-state index is 3.78. The van der Waals surface area contributed by atoms with Crippen LogP contribution in [0.25, 0.3) is 0 Å². The van der Waals surface area contributed by atoms with E-state index in [1.54, 1.807) is 0 Å². The van der Waals surface area contributed by atoms with Gasteiger partial charge in [0.1, 0.15) is 0 Å². The van der Waals surface area contributed by atoms with Crippen molar-refractivity contribution in [1.82, 2.24) is 0 Å². The molecule has 0 spiro atoms. The molecule has 0 atom stereocenters. The Morgan fingerprint density at radius 2 is 1.14 bits per heavy atom. The molecule has 0 radical (unpaired) electrons. The van der Waals surface area contributed by atoms with Crippen LogP contribution in [0.3, 0.4) is 0 Å². The van der Waals surface area contributed by atoms with Crippen molar-refractivity contribution in [2.45, 2.75) is 12.0 Å². The van der Waals surface area contributed by atoms with Crippen LogP contribution in [0.15, 0.2) is 84.9 Å².